The molecule has 2 aromatic rings. The van der Waals surface area contributed by atoms with Gasteiger partial charge in [0.15, 0.2) is 0 Å². The van der Waals surface area contributed by atoms with E-state index in [1.54, 1.807) is 6.07 Å². The van der Waals surface area contributed by atoms with Crippen LogP contribution in [0.5, 0.6) is 5.75 Å². The van der Waals surface area contributed by atoms with E-state index in [1.807, 2.05) is 0 Å². The highest BCUT2D eigenvalue weighted by atomic mass is 79.9. The fraction of sp³-hybridized carbons (Fsp3) is 0.250. The van der Waals surface area contributed by atoms with Gasteiger partial charge in [0.25, 0.3) is 0 Å². The average molecular weight is 321 g/mol. The van der Waals surface area contributed by atoms with E-state index >= 15 is 0 Å². The van der Waals surface area contributed by atoms with Crippen molar-refractivity contribution in [2.24, 2.45) is 0 Å². The van der Waals surface area contributed by atoms with E-state index < -0.39 is 0 Å². The molecule has 1 atom stereocenters. The summed E-state index contributed by atoms with van der Waals surface area (Å²) >= 11 is 3.36. The molecule has 0 aromatic heterocycles. The molecule has 0 radical (unpaired) electrons. The van der Waals surface area contributed by atoms with Gasteiger partial charge in [-0.3, -0.25) is 0 Å². The van der Waals surface area contributed by atoms with Crippen LogP contribution < -0.4 is 4.74 Å². The zero-order chi connectivity index (χ0) is 13.2. The summed E-state index contributed by atoms with van der Waals surface area (Å²) < 4.78 is 19.0. The predicted octanol–water partition coefficient (Wildman–Crippen LogP) is 4.44. The number of hydrogen-bond acceptors (Lipinski definition) is 1. The number of halogens is 2. The first kappa shape index (κ1) is 12.7. The van der Waals surface area contributed by atoms with Crippen LogP contribution in [0, 0.1) is 5.82 Å². The number of ether oxygens (including phenoxy) is 1. The van der Waals surface area contributed by atoms with Crippen LogP contribution in [0.15, 0.2) is 42.5 Å². The van der Waals surface area contributed by atoms with E-state index in [-0.39, 0.29) is 5.82 Å². The number of benzene rings is 2. The van der Waals surface area contributed by atoms with E-state index in [4.69, 9.17) is 4.74 Å². The largest absolute Gasteiger partial charge is 0.493 e. The highest BCUT2D eigenvalue weighted by molar-refractivity contribution is 9.08. The van der Waals surface area contributed by atoms with Gasteiger partial charge in [-0.1, -0.05) is 40.2 Å². The van der Waals surface area contributed by atoms with Crippen LogP contribution in [0.3, 0.4) is 0 Å². The molecule has 0 heterocycles. The maximum absolute atomic E-state index is 13.1. The highest BCUT2D eigenvalue weighted by Crippen LogP contribution is 2.35. The van der Waals surface area contributed by atoms with Crippen LogP contribution in [0.25, 0.3) is 0 Å². The Hall–Kier alpha value is -1.35. The fourth-order valence-electron chi connectivity index (χ4n) is 2.50. The summed E-state index contributed by atoms with van der Waals surface area (Å²) in [4.78, 5) is 0. The fourth-order valence-corrected chi connectivity index (χ4v) is 2.93. The molecule has 19 heavy (non-hydrogen) atoms. The third-order valence-corrected chi connectivity index (χ3v) is 4.17. The summed E-state index contributed by atoms with van der Waals surface area (Å²) in [7, 11) is 0. The Morgan fingerprint density at radius 3 is 2.84 bits per heavy atom. The Bertz CT molecular complexity index is 597. The molecule has 3 heteroatoms. The molecule has 0 bridgehead atoms. The van der Waals surface area contributed by atoms with Gasteiger partial charge >= 0.3 is 0 Å². The number of fused-ring (bicyclic) bond motifs is 1. The van der Waals surface area contributed by atoms with Crippen molar-refractivity contribution < 1.29 is 9.13 Å². The first-order valence-electron chi connectivity index (χ1n) is 6.33. The third-order valence-electron chi connectivity index (χ3n) is 3.57. The maximum Gasteiger partial charge on any atom is 0.123 e. The van der Waals surface area contributed by atoms with Gasteiger partial charge in [0, 0.05) is 16.8 Å². The molecule has 0 N–H and O–H groups in total. The van der Waals surface area contributed by atoms with Crippen LogP contribution in [0.1, 0.15) is 22.6 Å². The predicted molar refractivity (Wildman–Crippen MR) is 77.4 cm³/mol. The van der Waals surface area contributed by atoms with Gasteiger partial charge in [0.05, 0.1) is 6.61 Å². The van der Waals surface area contributed by atoms with Crippen molar-refractivity contribution in [1.29, 1.82) is 0 Å². The van der Waals surface area contributed by atoms with Crippen molar-refractivity contribution in [3.8, 4) is 5.75 Å². The monoisotopic (exact) mass is 320 g/mol. The summed E-state index contributed by atoms with van der Waals surface area (Å²) in [6.07, 6.45) is 1.07. The lowest BCUT2D eigenvalue weighted by molar-refractivity contribution is 0.273. The molecule has 3 rings (SSSR count). The smallest absolute Gasteiger partial charge is 0.123 e. The van der Waals surface area contributed by atoms with Crippen molar-refractivity contribution in [2.75, 3.05) is 6.61 Å². The number of alkyl halides is 1. The van der Waals surface area contributed by atoms with E-state index in [0.29, 0.717) is 17.9 Å². The maximum atomic E-state index is 13.1. The third kappa shape index (κ3) is 2.52. The van der Waals surface area contributed by atoms with Crippen molar-refractivity contribution in [1.82, 2.24) is 0 Å². The van der Waals surface area contributed by atoms with Gasteiger partial charge in [-0.25, -0.2) is 4.39 Å². The number of rotatable bonds is 4. The molecule has 0 saturated heterocycles. The van der Waals surface area contributed by atoms with Crippen LogP contribution >= 0.6 is 15.9 Å². The van der Waals surface area contributed by atoms with Gasteiger partial charge in [-0.05, 0) is 35.7 Å². The van der Waals surface area contributed by atoms with E-state index in [0.717, 1.165) is 17.7 Å². The lowest BCUT2D eigenvalue weighted by Gasteiger charge is -2.30. The SMILES string of the molecule is Fc1ccc(OCC2Cc3ccccc32)c(CBr)c1. The normalized spacial score (nSPS) is 16.6. The molecule has 0 aliphatic heterocycles. The average Bonchev–Trinajstić information content (AvgIpc) is 2.41. The Morgan fingerprint density at radius 1 is 1.21 bits per heavy atom. The molecule has 0 amide bonds. The quantitative estimate of drug-likeness (QED) is 0.757. The Kier molecular flexibility index (Phi) is 3.56. The molecule has 1 aliphatic carbocycles. The second kappa shape index (κ2) is 5.33. The Morgan fingerprint density at radius 2 is 2.05 bits per heavy atom. The summed E-state index contributed by atoms with van der Waals surface area (Å²) in [6.45, 7) is 0.655. The van der Waals surface area contributed by atoms with Gasteiger partial charge in [-0.15, -0.1) is 0 Å². The minimum absolute atomic E-state index is 0.226. The van der Waals surface area contributed by atoms with Crippen molar-refractivity contribution in [2.45, 2.75) is 17.7 Å². The van der Waals surface area contributed by atoms with Crippen LogP contribution in [0.2, 0.25) is 0 Å². The molecule has 2 aromatic carbocycles. The second-order valence-electron chi connectivity index (χ2n) is 4.80. The van der Waals surface area contributed by atoms with Crippen LogP contribution in [0.4, 0.5) is 4.39 Å². The van der Waals surface area contributed by atoms with Crippen LogP contribution in [-0.4, -0.2) is 6.61 Å². The van der Waals surface area contributed by atoms with E-state index in [1.165, 1.54) is 23.3 Å². The summed E-state index contributed by atoms with van der Waals surface area (Å²) in [5.74, 6) is 1.00. The number of hydrogen-bond donors (Lipinski definition) is 0. The zero-order valence-corrected chi connectivity index (χ0v) is 12.0. The first-order chi connectivity index (χ1) is 9.28. The van der Waals surface area contributed by atoms with Crippen molar-refractivity contribution in [3.63, 3.8) is 0 Å². The summed E-state index contributed by atoms with van der Waals surface area (Å²) in [5.41, 5.74) is 3.65. The molecule has 1 aliphatic rings. The molecular weight excluding hydrogens is 307 g/mol. The van der Waals surface area contributed by atoms with Gasteiger partial charge in [0.1, 0.15) is 11.6 Å². The highest BCUT2D eigenvalue weighted by Gasteiger charge is 2.26. The first-order valence-corrected chi connectivity index (χ1v) is 7.45. The molecule has 0 saturated carbocycles. The lowest BCUT2D eigenvalue weighted by atomic mass is 9.78. The standard InChI is InChI=1S/C16H14BrFO/c17-9-12-8-14(18)5-6-16(12)19-10-13-7-11-3-1-2-4-15(11)13/h1-6,8,13H,7,9-10H2. The Labute approximate surface area is 120 Å². The molecule has 98 valence electrons. The summed E-state index contributed by atoms with van der Waals surface area (Å²) in [6, 6.07) is 13.1. The van der Waals surface area contributed by atoms with Gasteiger partial charge in [0.2, 0.25) is 0 Å². The van der Waals surface area contributed by atoms with Crippen molar-refractivity contribution in [3.05, 3.63) is 65.0 Å². The molecule has 0 fully saturated rings. The van der Waals surface area contributed by atoms with E-state index in [9.17, 15) is 4.39 Å². The molecule has 0 spiro atoms. The lowest BCUT2D eigenvalue weighted by Crippen LogP contribution is -2.23. The second-order valence-corrected chi connectivity index (χ2v) is 5.36. The van der Waals surface area contributed by atoms with Gasteiger partial charge in [-0.2, -0.15) is 0 Å². The van der Waals surface area contributed by atoms with Gasteiger partial charge < -0.3 is 4.74 Å². The van der Waals surface area contributed by atoms with Crippen LogP contribution in [-0.2, 0) is 11.8 Å². The minimum Gasteiger partial charge on any atom is -0.493 e. The minimum atomic E-state index is -0.226. The molecule has 1 unspecified atom stereocenters. The molecular formula is C16H14BrFO. The van der Waals surface area contributed by atoms with Crippen molar-refractivity contribution >= 4 is 15.9 Å². The zero-order valence-electron chi connectivity index (χ0n) is 10.4. The molecule has 1 nitrogen and oxygen atoms in total. The summed E-state index contributed by atoms with van der Waals surface area (Å²) in [5, 5.41) is 0.599. The van der Waals surface area contributed by atoms with E-state index in [2.05, 4.69) is 40.2 Å². The Balaban J connectivity index is 1.68. The topological polar surface area (TPSA) is 9.23 Å².